The zero-order valence-corrected chi connectivity index (χ0v) is 5.94. The van der Waals surface area contributed by atoms with Gasteiger partial charge in [-0.1, -0.05) is 25.5 Å². The topological polar surface area (TPSA) is 26.0 Å². The van der Waals surface area contributed by atoms with Crippen molar-refractivity contribution in [3.63, 3.8) is 0 Å². The van der Waals surface area contributed by atoms with E-state index in [0.717, 1.165) is 0 Å². The van der Waals surface area contributed by atoms with Gasteiger partial charge in [0.25, 0.3) is 0 Å². The van der Waals surface area contributed by atoms with Crippen LogP contribution in [0.1, 0.15) is 20.8 Å². The summed E-state index contributed by atoms with van der Waals surface area (Å²) in [4.78, 5) is 0. The monoisotopic (exact) mass is 113 g/mol. The molecular formula is C7H15N. The third-order valence-electron chi connectivity index (χ3n) is 1.35. The second-order valence-corrected chi connectivity index (χ2v) is 2.22. The van der Waals surface area contributed by atoms with Crippen molar-refractivity contribution in [2.75, 3.05) is 6.54 Å². The molecule has 1 nitrogen and oxygen atoms in total. The van der Waals surface area contributed by atoms with E-state index in [1.165, 1.54) is 5.57 Å². The molecule has 0 radical (unpaired) electrons. The van der Waals surface area contributed by atoms with Crippen LogP contribution >= 0.6 is 0 Å². The Morgan fingerprint density at radius 3 is 2.12 bits per heavy atom. The zero-order valence-electron chi connectivity index (χ0n) is 5.94. The van der Waals surface area contributed by atoms with E-state index in [1.807, 2.05) is 6.92 Å². The van der Waals surface area contributed by atoms with E-state index in [2.05, 4.69) is 19.9 Å². The lowest BCUT2D eigenvalue weighted by molar-refractivity contribution is 0.744. The van der Waals surface area contributed by atoms with Crippen LogP contribution in [-0.4, -0.2) is 6.54 Å². The predicted octanol–water partition coefficient (Wildman–Crippen LogP) is 1.55. The SMILES string of the molecule is C/C=C(/CN)C(C)C. The second kappa shape index (κ2) is 3.67. The quantitative estimate of drug-likeness (QED) is 0.540. The summed E-state index contributed by atoms with van der Waals surface area (Å²) in [6, 6.07) is 0. The molecule has 0 aliphatic carbocycles. The van der Waals surface area contributed by atoms with Crippen LogP contribution in [0.5, 0.6) is 0 Å². The van der Waals surface area contributed by atoms with Gasteiger partial charge in [-0.2, -0.15) is 0 Å². The van der Waals surface area contributed by atoms with Crippen molar-refractivity contribution in [1.29, 1.82) is 0 Å². The highest BCUT2D eigenvalue weighted by molar-refractivity contribution is 5.04. The third kappa shape index (κ3) is 2.12. The van der Waals surface area contributed by atoms with Gasteiger partial charge in [0.05, 0.1) is 0 Å². The lowest BCUT2D eigenvalue weighted by Crippen LogP contribution is -2.07. The van der Waals surface area contributed by atoms with Gasteiger partial charge in [-0.3, -0.25) is 0 Å². The summed E-state index contributed by atoms with van der Waals surface area (Å²) < 4.78 is 0. The number of rotatable bonds is 2. The fraction of sp³-hybridized carbons (Fsp3) is 0.714. The van der Waals surface area contributed by atoms with E-state index in [-0.39, 0.29) is 0 Å². The maximum Gasteiger partial charge on any atom is 0.0139 e. The minimum atomic E-state index is 0.616. The van der Waals surface area contributed by atoms with Crippen molar-refractivity contribution >= 4 is 0 Å². The highest BCUT2D eigenvalue weighted by atomic mass is 14.5. The van der Waals surface area contributed by atoms with Crippen molar-refractivity contribution in [2.45, 2.75) is 20.8 Å². The lowest BCUT2D eigenvalue weighted by Gasteiger charge is -2.05. The van der Waals surface area contributed by atoms with Gasteiger partial charge in [0.15, 0.2) is 0 Å². The molecule has 2 N–H and O–H groups in total. The molecule has 0 aliphatic rings. The van der Waals surface area contributed by atoms with Crippen molar-refractivity contribution in [2.24, 2.45) is 11.7 Å². The maximum absolute atomic E-state index is 5.42. The van der Waals surface area contributed by atoms with Gasteiger partial charge in [-0.25, -0.2) is 0 Å². The molecule has 0 aromatic rings. The van der Waals surface area contributed by atoms with Crippen LogP contribution in [0.25, 0.3) is 0 Å². The van der Waals surface area contributed by atoms with Gasteiger partial charge in [0.1, 0.15) is 0 Å². The molecule has 0 unspecified atom stereocenters. The van der Waals surface area contributed by atoms with Gasteiger partial charge in [-0.05, 0) is 12.8 Å². The molecule has 0 atom stereocenters. The lowest BCUT2D eigenvalue weighted by atomic mass is 10.0. The average molecular weight is 113 g/mol. The summed E-state index contributed by atoms with van der Waals surface area (Å²) >= 11 is 0. The van der Waals surface area contributed by atoms with Gasteiger partial charge >= 0.3 is 0 Å². The molecule has 0 bridgehead atoms. The van der Waals surface area contributed by atoms with Gasteiger partial charge in [-0.15, -0.1) is 0 Å². The molecule has 0 saturated heterocycles. The maximum atomic E-state index is 5.42. The fourth-order valence-electron chi connectivity index (χ4n) is 0.687. The molecule has 0 aromatic carbocycles. The summed E-state index contributed by atoms with van der Waals surface area (Å²) in [5.41, 5.74) is 6.75. The summed E-state index contributed by atoms with van der Waals surface area (Å²) in [5.74, 6) is 0.616. The number of hydrogen-bond donors (Lipinski definition) is 1. The van der Waals surface area contributed by atoms with E-state index in [9.17, 15) is 0 Å². The molecule has 8 heavy (non-hydrogen) atoms. The first-order valence-electron chi connectivity index (χ1n) is 3.07. The van der Waals surface area contributed by atoms with Crippen LogP contribution in [0, 0.1) is 5.92 Å². The summed E-state index contributed by atoms with van der Waals surface area (Å²) in [5, 5.41) is 0. The normalized spacial score (nSPS) is 12.9. The van der Waals surface area contributed by atoms with E-state index >= 15 is 0 Å². The molecule has 0 fully saturated rings. The zero-order chi connectivity index (χ0) is 6.57. The number of allylic oxidation sites excluding steroid dienone is 1. The molecule has 0 heterocycles. The van der Waals surface area contributed by atoms with E-state index in [1.54, 1.807) is 0 Å². The van der Waals surface area contributed by atoms with Crippen LogP contribution in [0.4, 0.5) is 0 Å². The van der Waals surface area contributed by atoms with Crippen LogP contribution in [0.3, 0.4) is 0 Å². The number of nitrogens with two attached hydrogens (primary N) is 1. The summed E-state index contributed by atoms with van der Waals surface area (Å²) in [7, 11) is 0. The smallest absolute Gasteiger partial charge is 0.0139 e. The number of hydrogen-bond acceptors (Lipinski definition) is 1. The Labute approximate surface area is 51.6 Å². The Kier molecular flexibility index (Phi) is 3.53. The fourth-order valence-corrected chi connectivity index (χ4v) is 0.687. The Morgan fingerprint density at radius 1 is 1.62 bits per heavy atom. The average Bonchev–Trinajstić information content (AvgIpc) is 1.69. The highest BCUT2D eigenvalue weighted by Crippen LogP contribution is 2.05. The van der Waals surface area contributed by atoms with Crippen LogP contribution in [-0.2, 0) is 0 Å². The summed E-state index contributed by atoms with van der Waals surface area (Å²) in [6.45, 7) is 7.04. The van der Waals surface area contributed by atoms with Crippen molar-refractivity contribution in [3.05, 3.63) is 11.6 Å². The molecular weight excluding hydrogens is 98.1 g/mol. The van der Waals surface area contributed by atoms with E-state index in [0.29, 0.717) is 12.5 Å². The predicted molar refractivity (Wildman–Crippen MR) is 37.6 cm³/mol. The van der Waals surface area contributed by atoms with Gasteiger partial charge in [0.2, 0.25) is 0 Å². The van der Waals surface area contributed by atoms with Gasteiger partial charge in [0, 0.05) is 6.54 Å². The molecule has 0 saturated carbocycles. The highest BCUT2D eigenvalue weighted by Gasteiger charge is 1.96. The molecule has 0 spiro atoms. The summed E-state index contributed by atoms with van der Waals surface area (Å²) in [6.07, 6.45) is 2.09. The Balaban J connectivity index is 3.72. The first-order valence-corrected chi connectivity index (χ1v) is 3.07. The Morgan fingerprint density at radius 2 is 2.12 bits per heavy atom. The molecule has 0 aliphatic heterocycles. The van der Waals surface area contributed by atoms with Gasteiger partial charge < -0.3 is 5.73 Å². The first-order chi connectivity index (χ1) is 3.72. The van der Waals surface area contributed by atoms with E-state index < -0.39 is 0 Å². The second-order valence-electron chi connectivity index (χ2n) is 2.22. The third-order valence-corrected chi connectivity index (χ3v) is 1.35. The van der Waals surface area contributed by atoms with Crippen molar-refractivity contribution in [1.82, 2.24) is 0 Å². The molecule has 1 heteroatoms. The Hall–Kier alpha value is -0.300. The van der Waals surface area contributed by atoms with Crippen LogP contribution in [0.2, 0.25) is 0 Å². The minimum absolute atomic E-state index is 0.616. The molecule has 48 valence electrons. The molecule has 0 amide bonds. The van der Waals surface area contributed by atoms with Crippen molar-refractivity contribution < 1.29 is 0 Å². The van der Waals surface area contributed by atoms with Crippen LogP contribution < -0.4 is 5.73 Å². The van der Waals surface area contributed by atoms with Crippen LogP contribution in [0.15, 0.2) is 11.6 Å². The van der Waals surface area contributed by atoms with E-state index in [4.69, 9.17) is 5.73 Å². The molecule has 0 rings (SSSR count). The first kappa shape index (κ1) is 7.70. The molecule has 0 aromatic heterocycles. The minimum Gasteiger partial charge on any atom is -0.327 e. The van der Waals surface area contributed by atoms with Crippen molar-refractivity contribution in [3.8, 4) is 0 Å². The Bertz CT molecular complexity index is 82.4. The largest absolute Gasteiger partial charge is 0.327 e. The standard InChI is InChI=1S/C7H15N/c1-4-7(5-8)6(2)3/h4,6H,5,8H2,1-3H3/b7-4-.